The average molecular weight is 388 g/mol. The Morgan fingerprint density at radius 1 is 1.11 bits per heavy atom. The Morgan fingerprint density at radius 2 is 1.86 bits per heavy atom. The molecule has 152 valence electrons. The Labute approximate surface area is 165 Å². The highest BCUT2D eigenvalue weighted by atomic mass is 16.5. The van der Waals surface area contributed by atoms with Gasteiger partial charge in [0.25, 0.3) is 5.91 Å². The molecule has 0 aliphatic carbocycles. The summed E-state index contributed by atoms with van der Waals surface area (Å²) < 4.78 is 12.8. The normalized spacial score (nSPS) is 10.4. The zero-order valence-corrected chi connectivity index (χ0v) is 16.7. The summed E-state index contributed by atoms with van der Waals surface area (Å²) in [5.74, 6) is 0.536. The van der Waals surface area contributed by atoms with Gasteiger partial charge in [-0.15, -0.1) is 0 Å². The van der Waals surface area contributed by atoms with Crippen LogP contribution in [0.2, 0.25) is 0 Å². The van der Waals surface area contributed by atoms with Crippen LogP contribution in [0.3, 0.4) is 0 Å². The number of carbonyl (C=O) groups excluding carboxylic acids is 2. The van der Waals surface area contributed by atoms with E-state index in [1.165, 1.54) is 0 Å². The van der Waals surface area contributed by atoms with Gasteiger partial charge in [-0.3, -0.25) is 14.3 Å². The van der Waals surface area contributed by atoms with Crippen LogP contribution in [0.5, 0.6) is 11.5 Å². The first-order chi connectivity index (χ1) is 13.5. The molecule has 0 aliphatic heterocycles. The van der Waals surface area contributed by atoms with E-state index in [0.717, 1.165) is 18.4 Å². The summed E-state index contributed by atoms with van der Waals surface area (Å²) >= 11 is 0. The van der Waals surface area contributed by atoms with E-state index < -0.39 is 0 Å². The van der Waals surface area contributed by atoms with Crippen molar-refractivity contribution in [1.82, 2.24) is 20.4 Å². The smallest absolute Gasteiger partial charge is 0.251 e. The predicted octanol–water partition coefficient (Wildman–Crippen LogP) is 1.70. The van der Waals surface area contributed by atoms with Crippen LogP contribution in [0.25, 0.3) is 0 Å². The molecule has 1 heterocycles. The molecule has 0 saturated heterocycles. The summed E-state index contributed by atoms with van der Waals surface area (Å²) in [4.78, 5) is 24.2. The zero-order valence-electron chi connectivity index (χ0n) is 16.7. The molecule has 0 saturated carbocycles. The summed E-state index contributed by atoms with van der Waals surface area (Å²) in [6.45, 7) is 5.18. The van der Waals surface area contributed by atoms with E-state index in [2.05, 4.69) is 15.7 Å². The minimum absolute atomic E-state index is 0.0805. The topological polar surface area (TPSA) is 94.5 Å². The first kappa shape index (κ1) is 21.3. The molecule has 0 spiro atoms. The fraction of sp³-hybridized carbons (Fsp3) is 0.450. The summed E-state index contributed by atoms with van der Waals surface area (Å²) in [7, 11) is 1.87. The van der Waals surface area contributed by atoms with Crippen molar-refractivity contribution in [1.29, 1.82) is 0 Å². The Balaban J connectivity index is 1.76. The lowest BCUT2D eigenvalue weighted by Crippen LogP contribution is -2.37. The monoisotopic (exact) mass is 388 g/mol. The number of nitrogens with one attached hydrogen (secondary N) is 2. The molecule has 2 aromatic rings. The Bertz CT molecular complexity index is 788. The minimum atomic E-state index is -0.338. The van der Waals surface area contributed by atoms with Gasteiger partial charge in [-0.05, 0) is 50.5 Å². The van der Waals surface area contributed by atoms with E-state index in [1.54, 1.807) is 22.9 Å². The van der Waals surface area contributed by atoms with Gasteiger partial charge >= 0.3 is 0 Å². The van der Waals surface area contributed by atoms with Gasteiger partial charge in [0, 0.05) is 25.4 Å². The molecule has 0 fully saturated rings. The maximum Gasteiger partial charge on any atom is 0.251 e. The van der Waals surface area contributed by atoms with Gasteiger partial charge in [-0.25, -0.2) is 0 Å². The van der Waals surface area contributed by atoms with E-state index in [1.807, 2.05) is 33.3 Å². The third-order valence-corrected chi connectivity index (χ3v) is 3.94. The van der Waals surface area contributed by atoms with Crippen LogP contribution < -0.4 is 20.1 Å². The molecule has 2 N–H and O–H groups in total. The van der Waals surface area contributed by atoms with Crippen LogP contribution in [0, 0.1) is 0 Å². The van der Waals surface area contributed by atoms with E-state index >= 15 is 0 Å². The molecule has 28 heavy (non-hydrogen) atoms. The maximum absolute atomic E-state index is 12.3. The highest BCUT2D eigenvalue weighted by Gasteiger charge is 2.12. The second-order valence-electron chi connectivity index (χ2n) is 6.19. The van der Waals surface area contributed by atoms with Crippen molar-refractivity contribution in [2.24, 2.45) is 7.05 Å². The highest BCUT2D eigenvalue weighted by Crippen LogP contribution is 2.28. The Hall–Kier alpha value is -3.03. The minimum Gasteiger partial charge on any atom is -0.490 e. The zero-order chi connectivity index (χ0) is 20.4. The van der Waals surface area contributed by atoms with Gasteiger partial charge in [0.15, 0.2) is 11.5 Å². The SMILES string of the molecule is CCOc1ccc(C(=O)NCC(=O)NCCCc2cnn(C)c2)cc1OCC. The number of hydrogen-bond acceptors (Lipinski definition) is 5. The summed E-state index contributed by atoms with van der Waals surface area (Å²) in [6.07, 6.45) is 5.42. The molecular formula is C20H28N4O4. The number of hydrogen-bond donors (Lipinski definition) is 2. The summed E-state index contributed by atoms with van der Waals surface area (Å²) in [5, 5.41) is 9.53. The van der Waals surface area contributed by atoms with Crippen LogP contribution in [-0.2, 0) is 18.3 Å². The lowest BCUT2D eigenvalue weighted by molar-refractivity contribution is -0.120. The molecule has 8 nitrogen and oxygen atoms in total. The first-order valence-corrected chi connectivity index (χ1v) is 9.45. The lowest BCUT2D eigenvalue weighted by atomic mass is 10.2. The largest absolute Gasteiger partial charge is 0.490 e. The third kappa shape index (κ3) is 6.61. The molecule has 8 heteroatoms. The van der Waals surface area contributed by atoms with Crippen LogP contribution in [0.4, 0.5) is 0 Å². The molecule has 0 aliphatic rings. The number of rotatable bonds is 11. The number of benzene rings is 1. The number of carbonyl (C=O) groups is 2. The first-order valence-electron chi connectivity index (χ1n) is 9.45. The number of aromatic nitrogens is 2. The average Bonchev–Trinajstić information content (AvgIpc) is 3.10. The Kier molecular flexibility index (Phi) is 8.33. The van der Waals surface area contributed by atoms with Crippen molar-refractivity contribution in [2.45, 2.75) is 26.7 Å². The maximum atomic E-state index is 12.3. The second kappa shape index (κ2) is 11.0. The van der Waals surface area contributed by atoms with Gasteiger partial charge in [0.2, 0.25) is 5.91 Å². The van der Waals surface area contributed by atoms with Crippen molar-refractivity contribution in [2.75, 3.05) is 26.3 Å². The number of ether oxygens (including phenoxy) is 2. The summed E-state index contributed by atoms with van der Waals surface area (Å²) in [5.41, 5.74) is 1.54. The number of nitrogens with zero attached hydrogens (tertiary/aromatic N) is 2. The fourth-order valence-corrected chi connectivity index (χ4v) is 2.64. The predicted molar refractivity (Wildman–Crippen MR) is 106 cm³/mol. The van der Waals surface area contributed by atoms with E-state index in [-0.39, 0.29) is 18.4 Å². The van der Waals surface area contributed by atoms with Crippen LogP contribution >= 0.6 is 0 Å². The molecule has 2 amide bonds. The van der Waals surface area contributed by atoms with Crippen molar-refractivity contribution in [3.05, 3.63) is 41.7 Å². The molecule has 0 bridgehead atoms. The van der Waals surface area contributed by atoms with Gasteiger partial charge in [-0.2, -0.15) is 5.10 Å². The summed E-state index contributed by atoms with van der Waals surface area (Å²) in [6, 6.07) is 4.96. The number of aryl methyl sites for hydroxylation is 2. The molecule has 2 rings (SSSR count). The van der Waals surface area contributed by atoms with Crippen molar-refractivity contribution in [3.63, 3.8) is 0 Å². The van der Waals surface area contributed by atoms with E-state index in [9.17, 15) is 9.59 Å². The third-order valence-electron chi connectivity index (χ3n) is 3.94. The van der Waals surface area contributed by atoms with Crippen LogP contribution in [0.1, 0.15) is 36.2 Å². The van der Waals surface area contributed by atoms with Crippen LogP contribution in [0.15, 0.2) is 30.6 Å². The van der Waals surface area contributed by atoms with Gasteiger partial charge in [-0.1, -0.05) is 0 Å². The van der Waals surface area contributed by atoms with E-state index in [0.29, 0.717) is 36.8 Å². The molecule has 0 unspecified atom stereocenters. The van der Waals surface area contributed by atoms with Gasteiger partial charge in [0.05, 0.1) is 26.0 Å². The molecular weight excluding hydrogens is 360 g/mol. The molecule has 1 aromatic heterocycles. The van der Waals surface area contributed by atoms with Gasteiger partial charge < -0.3 is 20.1 Å². The van der Waals surface area contributed by atoms with Crippen molar-refractivity contribution < 1.29 is 19.1 Å². The quantitative estimate of drug-likeness (QED) is 0.572. The number of amides is 2. The second-order valence-corrected chi connectivity index (χ2v) is 6.19. The molecule has 0 atom stereocenters. The Morgan fingerprint density at radius 3 is 2.54 bits per heavy atom. The van der Waals surface area contributed by atoms with Crippen molar-refractivity contribution in [3.8, 4) is 11.5 Å². The fourth-order valence-electron chi connectivity index (χ4n) is 2.64. The van der Waals surface area contributed by atoms with Gasteiger partial charge in [0.1, 0.15) is 0 Å². The highest BCUT2D eigenvalue weighted by molar-refractivity contribution is 5.97. The van der Waals surface area contributed by atoms with Crippen molar-refractivity contribution >= 4 is 11.8 Å². The molecule has 0 radical (unpaired) electrons. The van der Waals surface area contributed by atoms with E-state index in [4.69, 9.17) is 9.47 Å². The molecule has 1 aromatic carbocycles. The standard InChI is InChI=1S/C20H28N4O4/c1-4-27-17-9-8-16(11-18(17)28-5-2)20(26)22-13-19(25)21-10-6-7-15-12-23-24(3)14-15/h8-9,11-12,14H,4-7,10,13H2,1-3H3,(H,21,25)(H,22,26). The van der Waals surface area contributed by atoms with Crippen LogP contribution in [-0.4, -0.2) is 47.9 Å². The lowest BCUT2D eigenvalue weighted by Gasteiger charge is -2.12.